The summed E-state index contributed by atoms with van der Waals surface area (Å²) < 4.78 is 3.79. The van der Waals surface area contributed by atoms with Crippen molar-refractivity contribution in [2.45, 2.75) is 13.0 Å². The topological polar surface area (TPSA) is 95.0 Å². The number of imidazole rings is 1. The van der Waals surface area contributed by atoms with E-state index >= 15 is 0 Å². The lowest BCUT2D eigenvalue weighted by atomic mass is 10.2. The van der Waals surface area contributed by atoms with Gasteiger partial charge in [-0.25, -0.2) is 9.78 Å². The number of halogens is 1. The van der Waals surface area contributed by atoms with Crippen molar-refractivity contribution >= 4 is 29.5 Å². The van der Waals surface area contributed by atoms with E-state index < -0.39 is 11.2 Å². The van der Waals surface area contributed by atoms with E-state index in [0.717, 1.165) is 10.3 Å². The molecule has 0 aliphatic carbocycles. The number of hydrogen-bond donors (Lipinski definition) is 0. The van der Waals surface area contributed by atoms with Crippen LogP contribution in [0.1, 0.15) is 5.69 Å². The van der Waals surface area contributed by atoms with Crippen molar-refractivity contribution in [1.29, 1.82) is 0 Å². The van der Waals surface area contributed by atoms with E-state index in [2.05, 4.69) is 9.97 Å². The van der Waals surface area contributed by atoms with Crippen molar-refractivity contribution in [2.24, 2.45) is 14.1 Å². The molecule has 3 rings (SSSR count). The van der Waals surface area contributed by atoms with Gasteiger partial charge in [-0.2, -0.15) is 0 Å². The minimum atomic E-state index is -0.468. The molecule has 0 saturated carbocycles. The Morgan fingerprint density at radius 2 is 1.89 bits per heavy atom. The van der Waals surface area contributed by atoms with Crippen molar-refractivity contribution in [3.8, 4) is 0 Å². The highest BCUT2D eigenvalue weighted by molar-refractivity contribution is 5.85. The van der Waals surface area contributed by atoms with Gasteiger partial charge in [-0.3, -0.25) is 23.7 Å². The normalized spacial score (nSPS) is 10.6. The molecule has 3 aromatic heterocycles. The van der Waals surface area contributed by atoms with Crippen LogP contribution in [0.4, 0.5) is 0 Å². The average Bonchev–Trinajstić information content (AvgIpc) is 3.07. The number of hydrogen-bond acceptors (Lipinski definition) is 5. The summed E-state index contributed by atoms with van der Waals surface area (Å²) >= 11 is 0. The number of amides is 1. The summed E-state index contributed by atoms with van der Waals surface area (Å²) in [7, 11) is 4.66. The number of carbonyl (C=O) groups excluding carboxylic acids is 1. The van der Waals surface area contributed by atoms with E-state index in [0.29, 0.717) is 13.0 Å². The summed E-state index contributed by atoms with van der Waals surface area (Å²) in [4.78, 5) is 46.8. The van der Waals surface area contributed by atoms with Gasteiger partial charge in [-0.05, 0) is 12.1 Å². The standard InChI is InChI=1S/C17H20N6O3.ClH/c1-20(9-7-12-6-4-5-8-18-12)13(24)10-23-11-19-15-14(23)16(25)22(3)17(26)21(15)2;/h4-6,8,11H,7,9-10H2,1-3H3;1H. The van der Waals surface area contributed by atoms with Crippen LogP contribution in [0.2, 0.25) is 0 Å². The third kappa shape index (κ3) is 3.92. The molecule has 0 unspecified atom stereocenters. The van der Waals surface area contributed by atoms with Gasteiger partial charge in [0.2, 0.25) is 5.91 Å². The maximum absolute atomic E-state index is 12.5. The third-order valence-electron chi connectivity index (χ3n) is 4.38. The summed E-state index contributed by atoms with van der Waals surface area (Å²) in [5.41, 5.74) is 0.489. The zero-order valence-corrected chi connectivity index (χ0v) is 16.1. The van der Waals surface area contributed by atoms with Gasteiger partial charge in [0.1, 0.15) is 6.54 Å². The molecule has 0 aromatic carbocycles. The van der Waals surface area contributed by atoms with E-state index in [4.69, 9.17) is 0 Å². The lowest BCUT2D eigenvalue weighted by Gasteiger charge is -2.17. The number of carbonyl (C=O) groups is 1. The Balaban J connectivity index is 0.00000261. The Hall–Kier alpha value is -2.94. The number of pyridine rings is 1. The quantitative estimate of drug-likeness (QED) is 0.606. The fourth-order valence-corrected chi connectivity index (χ4v) is 2.74. The molecule has 0 aliphatic rings. The zero-order chi connectivity index (χ0) is 18.8. The van der Waals surface area contributed by atoms with E-state index in [1.807, 2.05) is 18.2 Å². The lowest BCUT2D eigenvalue weighted by Crippen LogP contribution is -2.38. The predicted molar refractivity (Wildman–Crippen MR) is 103 cm³/mol. The molecule has 3 aromatic rings. The second kappa shape index (κ2) is 8.17. The van der Waals surface area contributed by atoms with Crippen LogP contribution < -0.4 is 11.2 Å². The van der Waals surface area contributed by atoms with Crippen LogP contribution in [0, 0.1) is 0 Å². The van der Waals surface area contributed by atoms with E-state index in [1.165, 1.54) is 22.5 Å². The summed E-state index contributed by atoms with van der Waals surface area (Å²) in [6.45, 7) is 0.488. The maximum atomic E-state index is 12.5. The third-order valence-corrected chi connectivity index (χ3v) is 4.38. The number of rotatable bonds is 5. The van der Waals surface area contributed by atoms with Crippen LogP contribution in [0.15, 0.2) is 40.3 Å². The molecular formula is C17H21ClN6O3. The van der Waals surface area contributed by atoms with Gasteiger partial charge in [0.15, 0.2) is 11.2 Å². The molecule has 144 valence electrons. The molecule has 0 spiro atoms. The summed E-state index contributed by atoms with van der Waals surface area (Å²) in [5, 5.41) is 0. The van der Waals surface area contributed by atoms with Gasteiger partial charge in [0.25, 0.3) is 5.56 Å². The first-order valence-electron chi connectivity index (χ1n) is 8.15. The number of nitrogens with zero attached hydrogens (tertiary/aromatic N) is 6. The summed E-state index contributed by atoms with van der Waals surface area (Å²) in [6, 6.07) is 5.66. The van der Waals surface area contributed by atoms with E-state index in [9.17, 15) is 14.4 Å². The Bertz CT molecular complexity index is 1070. The molecule has 0 fully saturated rings. The molecule has 10 heteroatoms. The molecule has 0 aliphatic heterocycles. The van der Waals surface area contributed by atoms with Crippen LogP contribution in [-0.4, -0.2) is 48.1 Å². The van der Waals surface area contributed by atoms with Crippen molar-refractivity contribution in [3.63, 3.8) is 0 Å². The minimum absolute atomic E-state index is 0. The first-order chi connectivity index (χ1) is 12.4. The predicted octanol–water partition coefficient (Wildman–Crippen LogP) is -0.0484. The number of fused-ring (bicyclic) bond motifs is 1. The molecule has 3 heterocycles. The van der Waals surface area contributed by atoms with Gasteiger partial charge >= 0.3 is 5.69 Å². The largest absolute Gasteiger partial charge is 0.344 e. The summed E-state index contributed by atoms with van der Waals surface area (Å²) in [5.74, 6) is -0.156. The molecular weight excluding hydrogens is 372 g/mol. The van der Waals surface area contributed by atoms with Crippen LogP contribution in [0.25, 0.3) is 11.2 Å². The molecule has 0 radical (unpaired) electrons. The van der Waals surface area contributed by atoms with Crippen LogP contribution in [0.3, 0.4) is 0 Å². The Kier molecular flexibility index (Phi) is 6.17. The van der Waals surface area contributed by atoms with Crippen LogP contribution in [-0.2, 0) is 31.9 Å². The molecule has 0 N–H and O–H groups in total. The minimum Gasteiger partial charge on any atom is -0.344 e. The van der Waals surface area contributed by atoms with Crippen molar-refractivity contribution in [3.05, 3.63) is 57.3 Å². The van der Waals surface area contributed by atoms with Gasteiger partial charge in [-0.1, -0.05) is 6.07 Å². The van der Waals surface area contributed by atoms with E-state index in [-0.39, 0.29) is 36.0 Å². The van der Waals surface area contributed by atoms with Crippen molar-refractivity contribution < 1.29 is 4.79 Å². The first-order valence-corrected chi connectivity index (χ1v) is 8.15. The molecule has 0 saturated heterocycles. The fourth-order valence-electron chi connectivity index (χ4n) is 2.74. The number of aryl methyl sites for hydroxylation is 1. The fraction of sp³-hybridized carbons (Fsp3) is 0.353. The smallest absolute Gasteiger partial charge is 0.332 e. The molecule has 27 heavy (non-hydrogen) atoms. The molecule has 9 nitrogen and oxygen atoms in total. The molecule has 1 amide bonds. The zero-order valence-electron chi connectivity index (χ0n) is 15.3. The lowest BCUT2D eigenvalue weighted by molar-refractivity contribution is -0.130. The van der Waals surface area contributed by atoms with Crippen LogP contribution >= 0.6 is 12.4 Å². The second-order valence-electron chi connectivity index (χ2n) is 6.14. The summed E-state index contributed by atoms with van der Waals surface area (Å²) in [6.07, 6.45) is 3.77. The second-order valence-corrected chi connectivity index (χ2v) is 6.14. The first kappa shape index (κ1) is 20.4. The van der Waals surface area contributed by atoms with Gasteiger partial charge < -0.3 is 9.47 Å². The highest BCUT2D eigenvalue weighted by Crippen LogP contribution is 2.06. The van der Waals surface area contributed by atoms with Gasteiger partial charge in [0, 0.05) is 46.0 Å². The van der Waals surface area contributed by atoms with Gasteiger partial charge in [0.05, 0.1) is 6.33 Å². The number of likely N-dealkylation sites (N-methyl/N-ethyl adjacent to an activating group) is 1. The maximum Gasteiger partial charge on any atom is 0.332 e. The Morgan fingerprint density at radius 3 is 2.56 bits per heavy atom. The average molecular weight is 393 g/mol. The highest BCUT2D eigenvalue weighted by Gasteiger charge is 2.17. The molecule has 0 bridgehead atoms. The van der Waals surface area contributed by atoms with Crippen molar-refractivity contribution in [1.82, 2.24) is 28.6 Å². The number of aromatic nitrogens is 5. The van der Waals surface area contributed by atoms with E-state index in [1.54, 1.807) is 25.2 Å². The SMILES string of the molecule is CN(CCc1ccccn1)C(=O)Cn1cnc2c1c(=O)n(C)c(=O)n2C.Cl. The highest BCUT2D eigenvalue weighted by atomic mass is 35.5. The van der Waals surface area contributed by atoms with Crippen LogP contribution in [0.5, 0.6) is 0 Å². The van der Waals surface area contributed by atoms with Gasteiger partial charge in [-0.15, -0.1) is 12.4 Å². The molecule has 0 atom stereocenters. The van der Waals surface area contributed by atoms with Crippen molar-refractivity contribution in [2.75, 3.05) is 13.6 Å². The monoisotopic (exact) mass is 392 g/mol. The Labute approximate surface area is 161 Å². The Morgan fingerprint density at radius 1 is 1.15 bits per heavy atom.